The lowest BCUT2D eigenvalue weighted by Gasteiger charge is -2.24. The molecule has 0 spiro atoms. The molecule has 6 heteroatoms. The number of aryl methyl sites for hydroxylation is 1. The van der Waals surface area contributed by atoms with Gasteiger partial charge in [-0.2, -0.15) is 0 Å². The zero-order valence-electron chi connectivity index (χ0n) is 9.89. The van der Waals surface area contributed by atoms with E-state index in [0.717, 1.165) is 5.56 Å². The number of carboxylic acids is 2. The Morgan fingerprint density at radius 2 is 1.94 bits per heavy atom. The van der Waals surface area contributed by atoms with Crippen LogP contribution in [0.4, 0.5) is 5.69 Å². The largest absolute Gasteiger partial charge is 0.481 e. The van der Waals surface area contributed by atoms with Crippen molar-refractivity contribution in [3.63, 3.8) is 0 Å². The van der Waals surface area contributed by atoms with Crippen LogP contribution in [-0.2, 0) is 9.59 Å². The molecule has 0 amide bonds. The Hall–Kier alpha value is -1.75. The molecule has 0 aliphatic carbocycles. The fourth-order valence-electron chi connectivity index (χ4n) is 1.60. The predicted molar refractivity (Wildman–Crippen MR) is 68.3 cm³/mol. The molecule has 0 bridgehead atoms. The van der Waals surface area contributed by atoms with E-state index in [1.54, 1.807) is 18.2 Å². The first kappa shape index (κ1) is 14.3. The van der Waals surface area contributed by atoms with E-state index in [2.05, 4.69) is 0 Å². The van der Waals surface area contributed by atoms with Gasteiger partial charge in [-0.3, -0.25) is 9.59 Å². The van der Waals surface area contributed by atoms with Gasteiger partial charge < -0.3 is 15.1 Å². The normalized spacial score (nSPS) is 10.1. The Morgan fingerprint density at radius 3 is 2.50 bits per heavy atom. The third-order valence-electron chi connectivity index (χ3n) is 2.43. The average molecular weight is 272 g/mol. The summed E-state index contributed by atoms with van der Waals surface area (Å²) in [6.07, 6.45) is -0.126. The summed E-state index contributed by atoms with van der Waals surface area (Å²) in [5.41, 5.74) is 1.50. The number of hydrogen-bond acceptors (Lipinski definition) is 3. The van der Waals surface area contributed by atoms with E-state index in [0.29, 0.717) is 10.7 Å². The molecular weight excluding hydrogens is 258 g/mol. The van der Waals surface area contributed by atoms with Gasteiger partial charge in [-0.1, -0.05) is 17.7 Å². The summed E-state index contributed by atoms with van der Waals surface area (Å²) in [5.74, 6) is -1.98. The highest BCUT2D eigenvalue weighted by Gasteiger charge is 2.14. The summed E-state index contributed by atoms with van der Waals surface area (Å²) in [6.45, 7) is 1.69. The van der Waals surface area contributed by atoms with Crippen LogP contribution in [0.3, 0.4) is 0 Å². The summed E-state index contributed by atoms with van der Waals surface area (Å²) in [4.78, 5) is 22.9. The van der Waals surface area contributed by atoms with Gasteiger partial charge in [0.25, 0.3) is 0 Å². The number of halogens is 1. The first-order chi connectivity index (χ1) is 8.40. The maximum Gasteiger partial charge on any atom is 0.323 e. The number of rotatable bonds is 6. The van der Waals surface area contributed by atoms with E-state index in [1.807, 2.05) is 6.92 Å². The number of anilines is 1. The van der Waals surface area contributed by atoms with Gasteiger partial charge in [-0.25, -0.2) is 0 Å². The van der Waals surface area contributed by atoms with Gasteiger partial charge >= 0.3 is 11.9 Å². The Balaban J connectivity index is 2.96. The van der Waals surface area contributed by atoms with Crippen molar-refractivity contribution in [3.05, 3.63) is 28.8 Å². The minimum absolute atomic E-state index is 0.126. The van der Waals surface area contributed by atoms with Crippen LogP contribution >= 0.6 is 11.6 Å². The first-order valence-electron chi connectivity index (χ1n) is 5.35. The molecule has 0 saturated carbocycles. The molecule has 1 aromatic carbocycles. The van der Waals surface area contributed by atoms with Gasteiger partial charge in [-0.05, 0) is 24.6 Å². The van der Waals surface area contributed by atoms with Crippen molar-refractivity contribution >= 4 is 29.2 Å². The number of nitrogens with zero attached hydrogens (tertiary/aromatic N) is 1. The molecule has 1 rings (SSSR count). The lowest BCUT2D eigenvalue weighted by atomic mass is 10.1. The van der Waals surface area contributed by atoms with Crippen molar-refractivity contribution in [2.75, 3.05) is 18.0 Å². The molecule has 0 fully saturated rings. The minimum atomic E-state index is -1.01. The third-order valence-corrected chi connectivity index (χ3v) is 2.67. The topological polar surface area (TPSA) is 77.8 Å². The fraction of sp³-hybridized carbons (Fsp3) is 0.333. The number of benzene rings is 1. The van der Waals surface area contributed by atoms with Crippen LogP contribution in [0.15, 0.2) is 18.2 Å². The Bertz CT molecular complexity index is 461. The molecule has 2 N–H and O–H groups in total. The van der Waals surface area contributed by atoms with Gasteiger partial charge in [0.2, 0.25) is 0 Å². The molecule has 0 radical (unpaired) electrons. The summed E-state index contributed by atoms with van der Waals surface area (Å²) in [5, 5.41) is 18.0. The van der Waals surface area contributed by atoms with Gasteiger partial charge in [0, 0.05) is 17.3 Å². The number of aliphatic carboxylic acids is 2. The Morgan fingerprint density at radius 1 is 1.28 bits per heavy atom. The zero-order valence-corrected chi connectivity index (χ0v) is 10.6. The minimum Gasteiger partial charge on any atom is -0.481 e. The molecule has 0 aliphatic heterocycles. The third kappa shape index (κ3) is 4.25. The van der Waals surface area contributed by atoms with Crippen molar-refractivity contribution in [2.45, 2.75) is 13.3 Å². The second-order valence-electron chi connectivity index (χ2n) is 3.89. The number of carboxylic acid groups (broad SMARTS) is 2. The molecule has 0 heterocycles. The number of hydrogen-bond donors (Lipinski definition) is 2. The van der Waals surface area contributed by atoms with Crippen molar-refractivity contribution in [2.24, 2.45) is 0 Å². The van der Waals surface area contributed by atoms with Crippen LogP contribution in [0.1, 0.15) is 12.0 Å². The van der Waals surface area contributed by atoms with E-state index in [1.165, 1.54) is 4.90 Å². The van der Waals surface area contributed by atoms with Crippen molar-refractivity contribution in [1.29, 1.82) is 0 Å². The van der Waals surface area contributed by atoms with E-state index in [4.69, 9.17) is 21.8 Å². The summed E-state index contributed by atoms with van der Waals surface area (Å²) in [6, 6.07) is 5.12. The van der Waals surface area contributed by atoms with Gasteiger partial charge in [0.15, 0.2) is 0 Å². The molecule has 0 aromatic heterocycles. The average Bonchev–Trinajstić information content (AvgIpc) is 2.27. The first-order valence-corrected chi connectivity index (χ1v) is 5.72. The molecule has 0 atom stereocenters. The van der Waals surface area contributed by atoms with Crippen LogP contribution in [-0.4, -0.2) is 35.2 Å². The Labute approximate surface area is 110 Å². The van der Waals surface area contributed by atoms with Crippen molar-refractivity contribution in [1.82, 2.24) is 0 Å². The van der Waals surface area contributed by atoms with E-state index in [-0.39, 0.29) is 19.5 Å². The maximum absolute atomic E-state index is 10.8. The number of carbonyl (C=O) groups is 2. The highest BCUT2D eigenvalue weighted by atomic mass is 35.5. The van der Waals surface area contributed by atoms with Crippen LogP contribution in [0.5, 0.6) is 0 Å². The smallest absolute Gasteiger partial charge is 0.323 e. The molecular formula is C12H14ClNO4. The SMILES string of the molecule is Cc1ccc(Cl)cc1N(CCC(=O)O)CC(=O)O. The van der Waals surface area contributed by atoms with Gasteiger partial charge in [-0.15, -0.1) is 0 Å². The fourth-order valence-corrected chi connectivity index (χ4v) is 1.77. The molecule has 0 unspecified atom stereocenters. The molecule has 18 heavy (non-hydrogen) atoms. The van der Waals surface area contributed by atoms with Crippen molar-refractivity contribution in [3.8, 4) is 0 Å². The van der Waals surface area contributed by atoms with Crippen LogP contribution in [0.25, 0.3) is 0 Å². The van der Waals surface area contributed by atoms with E-state index >= 15 is 0 Å². The van der Waals surface area contributed by atoms with Crippen LogP contribution in [0.2, 0.25) is 5.02 Å². The Kier molecular flexibility index (Phi) is 4.97. The van der Waals surface area contributed by atoms with Crippen LogP contribution < -0.4 is 4.90 Å². The van der Waals surface area contributed by atoms with Gasteiger partial charge in [0.1, 0.15) is 6.54 Å². The molecule has 0 aliphatic rings. The van der Waals surface area contributed by atoms with Crippen LogP contribution in [0, 0.1) is 6.92 Å². The summed E-state index contributed by atoms with van der Waals surface area (Å²) < 4.78 is 0. The molecule has 98 valence electrons. The summed E-state index contributed by atoms with van der Waals surface area (Å²) >= 11 is 5.87. The second-order valence-corrected chi connectivity index (χ2v) is 4.33. The van der Waals surface area contributed by atoms with E-state index in [9.17, 15) is 9.59 Å². The van der Waals surface area contributed by atoms with Gasteiger partial charge in [0.05, 0.1) is 6.42 Å². The lowest BCUT2D eigenvalue weighted by Crippen LogP contribution is -2.32. The molecule has 0 saturated heterocycles. The quantitative estimate of drug-likeness (QED) is 0.828. The standard InChI is InChI=1S/C12H14ClNO4/c1-8-2-3-9(13)6-10(8)14(7-12(17)18)5-4-11(15)16/h2-3,6H,4-5,7H2,1H3,(H,15,16)(H,17,18). The molecule has 1 aromatic rings. The highest BCUT2D eigenvalue weighted by Crippen LogP contribution is 2.24. The monoisotopic (exact) mass is 271 g/mol. The lowest BCUT2D eigenvalue weighted by molar-refractivity contribution is -0.138. The zero-order chi connectivity index (χ0) is 13.7. The highest BCUT2D eigenvalue weighted by molar-refractivity contribution is 6.30. The second kappa shape index (κ2) is 6.26. The molecule has 5 nitrogen and oxygen atoms in total. The summed E-state index contributed by atoms with van der Waals surface area (Å²) in [7, 11) is 0. The van der Waals surface area contributed by atoms with E-state index < -0.39 is 11.9 Å². The predicted octanol–water partition coefficient (Wildman–Crippen LogP) is 2.01. The maximum atomic E-state index is 10.8. The van der Waals surface area contributed by atoms with Crippen molar-refractivity contribution < 1.29 is 19.8 Å².